The fourth-order valence-electron chi connectivity index (χ4n) is 3.37. The number of amides is 1. The molecular formula is C23H20FN3O3. The molecule has 1 amide bonds. The Morgan fingerprint density at radius 1 is 1.10 bits per heavy atom. The molecule has 6 nitrogen and oxygen atoms in total. The molecule has 152 valence electrons. The molecule has 1 heterocycles. The summed E-state index contributed by atoms with van der Waals surface area (Å²) in [6, 6.07) is 15.6. The third-order valence-corrected chi connectivity index (χ3v) is 5.05. The van der Waals surface area contributed by atoms with Crippen LogP contribution in [-0.2, 0) is 17.9 Å². The highest BCUT2D eigenvalue weighted by Gasteiger charge is 2.13. The number of carbonyl (C=O) groups is 1. The molecule has 0 aliphatic rings. The Morgan fingerprint density at radius 3 is 2.67 bits per heavy atom. The summed E-state index contributed by atoms with van der Waals surface area (Å²) < 4.78 is 19.9. The van der Waals surface area contributed by atoms with Gasteiger partial charge in [0, 0.05) is 13.6 Å². The molecule has 4 rings (SSSR count). The first-order chi connectivity index (χ1) is 14.4. The number of benzene rings is 3. The van der Waals surface area contributed by atoms with E-state index in [2.05, 4.69) is 4.98 Å². The first-order valence-corrected chi connectivity index (χ1v) is 9.40. The van der Waals surface area contributed by atoms with Gasteiger partial charge in [0.15, 0.2) is 0 Å². The molecule has 3 aromatic carbocycles. The number of ether oxygens (including phenoxy) is 1. The standard InChI is InChI=1S/C23H20FN3O3/c1-26(12-15-3-4-17-10-19(30-2)7-5-16(17)9-15)22(28)13-27-14-25-21-8-6-18(24)11-20(21)23(27)29/h3-11,14H,12-13H2,1-2H3. The van der Waals surface area contributed by atoms with Crippen molar-refractivity contribution in [2.24, 2.45) is 0 Å². The topological polar surface area (TPSA) is 64.4 Å². The van der Waals surface area contributed by atoms with Crippen LogP contribution in [0, 0.1) is 5.82 Å². The summed E-state index contributed by atoms with van der Waals surface area (Å²) >= 11 is 0. The van der Waals surface area contributed by atoms with Crippen molar-refractivity contribution in [3.63, 3.8) is 0 Å². The predicted octanol–water partition coefficient (Wildman–Crippen LogP) is 3.36. The Hall–Kier alpha value is -3.74. The average Bonchev–Trinajstić information content (AvgIpc) is 2.75. The molecule has 0 spiro atoms. The molecule has 0 saturated carbocycles. The van der Waals surface area contributed by atoms with E-state index < -0.39 is 11.4 Å². The van der Waals surface area contributed by atoms with Crippen LogP contribution in [0.15, 0.2) is 65.7 Å². The molecule has 0 atom stereocenters. The van der Waals surface area contributed by atoms with Crippen LogP contribution in [0.1, 0.15) is 5.56 Å². The number of nitrogens with zero attached hydrogens (tertiary/aromatic N) is 3. The summed E-state index contributed by atoms with van der Waals surface area (Å²) in [6.45, 7) is 0.227. The van der Waals surface area contributed by atoms with Crippen molar-refractivity contribution in [2.75, 3.05) is 14.2 Å². The van der Waals surface area contributed by atoms with E-state index in [-0.39, 0.29) is 17.8 Å². The summed E-state index contributed by atoms with van der Waals surface area (Å²) in [5, 5.41) is 2.25. The van der Waals surface area contributed by atoms with Gasteiger partial charge in [-0.15, -0.1) is 0 Å². The predicted molar refractivity (Wildman–Crippen MR) is 113 cm³/mol. The summed E-state index contributed by atoms with van der Waals surface area (Å²) in [7, 11) is 3.31. The van der Waals surface area contributed by atoms with E-state index in [0.717, 1.165) is 28.2 Å². The number of halogens is 1. The van der Waals surface area contributed by atoms with Crippen LogP contribution in [0.25, 0.3) is 21.7 Å². The molecule has 7 heteroatoms. The van der Waals surface area contributed by atoms with E-state index in [9.17, 15) is 14.0 Å². The average molecular weight is 405 g/mol. The van der Waals surface area contributed by atoms with Gasteiger partial charge in [0.2, 0.25) is 5.91 Å². The fraction of sp³-hybridized carbons (Fsp3) is 0.174. The van der Waals surface area contributed by atoms with Crippen molar-refractivity contribution < 1.29 is 13.9 Å². The molecule has 0 aliphatic carbocycles. The number of likely N-dealkylation sites (N-methyl/N-ethyl adjacent to an activating group) is 1. The van der Waals surface area contributed by atoms with Crippen LogP contribution >= 0.6 is 0 Å². The van der Waals surface area contributed by atoms with E-state index in [0.29, 0.717) is 12.1 Å². The Balaban J connectivity index is 1.51. The molecule has 0 aliphatic heterocycles. The lowest BCUT2D eigenvalue weighted by Gasteiger charge is -2.18. The number of fused-ring (bicyclic) bond motifs is 2. The van der Waals surface area contributed by atoms with E-state index in [1.165, 1.54) is 23.0 Å². The maximum atomic E-state index is 13.5. The number of carbonyl (C=O) groups excluding carboxylic acids is 1. The largest absolute Gasteiger partial charge is 0.497 e. The van der Waals surface area contributed by atoms with Gasteiger partial charge < -0.3 is 9.64 Å². The monoisotopic (exact) mass is 405 g/mol. The maximum Gasteiger partial charge on any atom is 0.261 e. The first kappa shape index (κ1) is 19.6. The van der Waals surface area contributed by atoms with Gasteiger partial charge in [-0.25, -0.2) is 9.37 Å². The van der Waals surface area contributed by atoms with E-state index in [1.807, 2.05) is 36.4 Å². The summed E-state index contributed by atoms with van der Waals surface area (Å²) in [5.74, 6) is 0.0258. The molecule has 1 aromatic heterocycles. The van der Waals surface area contributed by atoms with E-state index >= 15 is 0 Å². The van der Waals surface area contributed by atoms with Gasteiger partial charge in [-0.05, 0) is 52.7 Å². The minimum absolute atomic E-state index is 0.151. The van der Waals surface area contributed by atoms with E-state index in [4.69, 9.17) is 4.74 Å². The van der Waals surface area contributed by atoms with Crippen molar-refractivity contribution >= 4 is 27.6 Å². The normalized spacial score (nSPS) is 11.0. The van der Waals surface area contributed by atoms with Gasteiger partial charge in [0.05, 0.1) is 24.3 Å². The van der Waals surface area contributed by atoms with E-state index in [1.54, 1.807) is 19.1 Å². The van der Waals surface area contributed by atoms with Crippen LogP contribution in [-0.4, -0.2) is 34.5 Å². The zero-order valence-electron chi connectivity index (χ0n) is 16.6. The van der Waals surface area contributed by atoms with Crippen molar-refractivity contribution in [3.05, 3.63) is 82.7 Å². The summed E-state index contributed by atoms with van der Waals surface area (Å²) in [4.78, 5) is 30.9. The highest BCUT2D eigenvalue weighted by atomic mass is 19.1. The Labute approximate surface area is 172 Å². The third kappa shape index (κ3) is 3.87. The second-order valence-electron chi connectivity index (χ2n) is 7.14. The van der Waals surface area contributed by atoms with Crippen LogP contribution in [0.4, 0.5) is 4.39 Å². The number of methoxy groups -OCH3 is 1. The van der Waals surface area contributed by atoms with Gasteiger partial charge in [-0.1, -0.05) is 18.2 Å². The Bertz CT molecular complexity index is 1320. The molecule has 0 radical (unpaired) electrons. The van der Waals surface area contributed by atoms with Crippen molar-refractivity contribution in [3.8, 4) is 5.75 Å². The minimum Gasteiger partial charge on any atom is -0.497 e. The minimum atomic E-state index is -0.517. The van der Waals surface area contributed by atoms with Gasteiger partial charge >= 0.3 is 0 Å². The smallest absolute Gasteiger partial charge is 0.261 e. The zero-order valence-corrected chi connectivity index (χ0v) is 16.6. The lowest BCUT2D eigenvalue weighted by Crippen LogP contribution is -2.33. The molecular weight excluding hydrogens is 385 g/mol. The van der Waals surface area contributed by atoms with Crippen LogP contribution < -0.4 is 10.3 Å². The van der Waals surface area contributed by atoms with Gasteiger partial charge in [-0.3, -0.25) is 14.2 Å². The third-order valence-electron chi connectivity index (χ3n) is 5.05. The number of hydrogen-bond donors (Lipinski definition) is 0. The molecule has 0 fully saturated rings. The molecule has 4 aromatic rings. The fourth-order valence-corrected chi connectivity index (χ4v) is 3.37. The quantitative estimate of drug-likeness (QED) is 0.511. The molecule has 0 bridgehead atoms. The first-order valence-electron chi connectivity index (χ1n) is 9.40. The summed E-state index contributed by atoms with van der Waals surface area (Å²) in [5.41, 5.74) is 0.918. The second kappa shape index (κ2) is 7.94. The molecule has 0 saturated heterocycles. The number of hydrogen-bond acceptors (Lipinski definition) is 4. The number of aromatic nitrogens is 2. The zero-order chi connectivity index (χ0) is 21.3. The lowest BCUT2D eigenvalue weighted by molar-refractivity contribution is -0.131. The Kier molecular flexibility index (Phi) is 5.18. The van der Waals surface area contributed by atoms with Crippen LogP contribution in [0.3, 0.4) is 0 Å². The molecule has 0 unspecified atom stereocenters. The van der Waals surface area contributed by atoms with Crippen molar-refractivity contribution in [1.82, 2.24) is 14.5 Å². The lowest BCUT2D eigenvalue weighted by atomic mass is 10.1. The van der Waals surface area contributed by atoms with Crippen molar-refractivity contribution in [2.45, 2.75) is 13.1 Å². The molecule has 30 heavy (non-hydrogen) atoms. The Morgan fingerprint density at radius 2 is 1.87 bits per heavy atom. The summed E-state index contributed by atoms with van der Waals surface area (Å²) in [6.07, 6.45) is 1.32. The molecule has 0 N–H and O–H groups in total. The van der Waals surface area contributed by atoms with Gasteiger partial charge in [0.25, 0.3) is 5.56 Å². The van der Waals surface area contributed by atoms with Gasteiger partial charge in [0.1, 0.15) is 18.1 Å². The second-order valence-corrected chi connectivity index (χ2v) is 7.14. The van der Waals surface area contributed by atoms with Crippen molar-refractivity contribution in [1.29, 1.82) is 0 Å². The number of rotatable bonds is 5. The highest BCUT2D eigenvalue weighted by molar-refractivity contribution is 5.85. The van der Waals surface area contributed by atoms with Gasteiger partial charge in [-0.2, -0.15) is 0 Å². The highest BCUT2D eigenvalue weighted by Crippen LogP contribution is 2.22. The van der Waals surface area contributed by atoms with Crippen LogP contribution in [0.5, 0.6) is 5.75 Å². The maximum absolute atomic E-state index is 13.5. The SMILES string of the molecule is COc1ccc2cc(CN(C)C(=O)Cn3cnc4ccc(F)cc4c3=O)ccc2c1. The van der Waals surface area contributed by atoms with Crippen LogP contribution in [0.2, 0.25) is 0 Å².